The number of sulfonamides is 1. The minimum atomic E-state index is -3.73. The molecule has 0 spiro atoms. The highest BCUT2D eigenvalue weighted by molar-refractivity contribution is 7.89. The van der Waals surface area contributed by atoms with Gasteiger partial charge >= 0.3 is 0 Å². The Kier molecular flexibility index (Phi) is 7.16. The Bertz CT molecular complexity index is 882. The van der Waals surface area contributed by atoms with E-state index in [9.17, 15) is 18.0 Å². The van der Waals surface area contributed by atoms with Crippen molar-refractivity contribution in [3.63, 3.8) is 0 Å². The van der Waals surface area contributed by atoms with Gasteiger partial charge in [0, 0.05) is 45.8 Å². The number of ether oxygens (including phenoxy) is 3. The van der Waals surface area contributed by atoms with Gasteiger partial charge in [-0.3, -0.25) is 9.59 Å². The van der Waals surface area contributed by atoms with Crippen LogP contribution in [0.3, 0.4) is 0 Å². The van der Waals surface area contributed by atoms with Gasteiger partial charge in [0.25, 0.3) is 0 Å². The van der Waals surface area contributed by atoms with Crippen molar-refractivity contribution in [2.45, 2.75) is 24.3 Å². The second kappa shape index (κ2) is 9.63. The van der Waals surface area contributed by atoms with Gasteiger partial charge in [-0.15, -0.1) is 0 Å². The molecule has 0 unspecified atom stereocenters. The Balaban J connectivity index is 1.62. The van der Waals surface area contributed by atoms with Crippen LogP contribution in [0.25, 0.3) is 0 Å². The highest BCUT2D eigenvalue weighted by atomic mass is 32.2. The summed E-state index contributed by atoms with van der Waals surface area (Å²) >= 11 is 0. The topological polar surface area (TPSA) is 114 Å². The fourth-order valence-electron chi connectivity index (χ4n) is 3.35. The molecule has 30 heavy (non-hydrogen) atoms. The van der Waals surface area contributed by atoms with E-state index >= 15 is 0 Å². The first-order valence-corrected chi connectivity index (χ1v) is 11.2. The molecule has 3 rings (SSSR count). The molecule has 10 nitrogen and oxygen atoms in total. The number of benzene rings is 1. The molecule has 0 radical (unpaired) electrons. The van der Waals surface area contributed by atoms with E-state index in [4.69, 9.17) is 14.2 Å². The van der Waals surface area contributed by atoms with E-state index in [1.165, 1.54) is 23.5 Å². The van der Waals surface area contributed by atoms with Crippen molar-refractivity contribution in [2.24, 2.45) is 0 Å². The van der Waals surface area contributed by atoms with E-state index in [0.29, 0.717) is 24.7 Å². The molecule has 1 N–H and O–H groups in total. The molecule has 1 atom stereocenters. The van der Waals surface area contributed by atoms with E-state index in [2.05, 4.69) is 5.32 Å². The number of amides is 2. The van der Waals surface area contributed by atoms with Crippen molar-refractivity contribution in [3.05, 3.63) is 18.2 Å². The van der Waals surface area contributed by atoms with Gasteiger partial charge in [-0.1, -0.05) is 0 Å². The Labute approximate surface area is 176 Å². The Morgan fingerprint density at radius 3 is 2.47 bits per heavy atom. The molecule has 1 saturated heterocycles. The quantitative estimate of drug-likeness (QED) is 0.652. The summed E-state index contributed by atoms with van der Waals surface area (Å²) in [6.45, 7) is 3.29. The lowest BCUT2D eigenvalue weighted by Crippen LogP contribution is -2.55. The van der Waals surface area contributed by atoms with Gasteiger partial charge in [-0.25, -0.2) is 8.42 Å². The second-order valence-electron chi connectivity index (χ2n) is 7.11. The average Bonchev–Trinajstić information content (AvgIpc) is 2.98. The molecule has 2 amide bonds. The number of nitrogens with one attached hydrogen (secondary N) is 1. The zero-order chi connectivity index (χ0) is 21.7. The lowest BCUT2D eigenvalue weighted by molar-refractivity contribution is -0.137. The van der Waals surface area contributed by atoms with Crippen LogP contribution < -0.4 is 14.8 Å². The van der Waals surface area contributed by atoms with Crippen LogP contribution in [0, 0.1) is 0 Å². The molecular weight excluding hydrogens is 414 g/mol. The van der Waals surface area contributed by atoms with Crippen molar-refractivity contribution >= 4 is 21.8 Å². The van der Waals surface area contributed by atoms with Crippen LogP contribution in [0.1, 0.15) is 13.3 Å². The normalized spacial score (nSPS) is 18.4. The number of hydrogen-bond donors (Lipinski definition) is 1. The molecule has 1 aromatic carbocycles. The first-order chi connectivity index (χ1) is 14.3. The van der Waals surface area contributed by atoms with Crippen molar-refractivity contribution in [3.8, 4) is 11.5 Å². The summed E-state index contributed by atoms with van der Waals surface area (Å²) in [5.74, 6) is 0.315. The monoisotopic (exact) mass is 441 g/mol. The molecule has 0 bridgehead atoms. The van der Waals surface area contributed by atoms with Gasteiger partial charge < -0.3 is 24.4 Å². The van der Waals surface area contributed by atoms with E-state index in [0.717, 1.165) is 6.42 Å². The largest absolute Gasteiger partial charge is 0.490 e. The highest BCUT2D eigenvalue weighted by Gasteiger charge is 2.32. The first kappa shape index (κ1) is 22.3. The summed E-state index contributed by atoms with van der Waals surface area (Å²) in [5.41, 5.74) is 0. The third kappa shape index (κ3) is 5.02. The average molecular weight is 442 g/mol. The minimum Gasteiger partial charge on any atom is -0.490 e. The Morgan fingerprint density at radius 1 is 1.13 bits per heavy atom. The van der Waals surface area contributed by atoms with E-state index < -0.39 is 16.1 Å². The maximum absolute atomic E-state index is 13.0. The van der Waals surface area contributed by atoms with Crippen molar-refractivity contribution in [1.29, 1.82) is 0 Å². The van der Waals surface area contributed by atoms with E-state index in [-0.39, 0.29) is 49.5 Å². The molecule has 0 aliphatic carbocycles. The van der Waals surface area contributed by atoms with Gasteiger partial charge in [0.05, 0.1) is 18.1 Å². The summed E-state index contributed by atoms with van der Waals surface area (Å²) in [7, 11) is -2.33. The minimum absolute atomic E-state index is 0.126. The fraction of sp³-hybridized carbons (Fsp3) is 0.579. The van der Waals surface area contributed by atoms with E-state index in [1.54, 1.807) is 17.9 Å². The van der Waals surface area contributed by atoms with Gasteiger partial charge in [0.2, 0.25) is 21.8 Å². The standard InChI is InChI=1S/C19H27N3O7S/c1-14(20-18(23)13-27-2)19(24)21-6-8-22(9-7-21)30(25,26)15-4-5-16-17(12-15)29-11-3-10-28-16/h4-5,12,14H,3,6-11,13H2,1-2H3,(H,20,23)/t14-/m1/s1. The molecule has 2 heterocycles. The predicted octanol–water partition coefficient (Wildman–Crippen LogP) is -0.168. The molecule has 11 heteroatoms. The zero-order valence-corrected chi connectivity index (χ0v) is 17.9. The molecule has 0 aromatic heterocycles. The molecule has 1 aromatic rings. The Morgan fingerprint density at radius 2 is 1.80 bits per heavy atom. The van der Waals surface area contributed by atoms with Gasteiger partial charge in [0.15, 0.2) is 11.5 Å². The lowest BCUT2D eigenvalue weighted by Gasteiger charge is -2.35. The van der Waals surface area contributed by atoms with Gasteiger partial charge in [-0.2, -0.15) is 4.31 Å². The van der Waals surface area contributed by atoms with Gasteiger partial charge in [0.1, 0.15) is 12.6 Å². The third-order valence-electron chi connectivity index (χ3n) is 4.93. The fourth-order valence-corrected chi connectivity index (χ4v) is 4.79. The number of carbonyl (C=O) groups is 2. The SMILES string of the molecule is COCC(=O)N[C@H](C)C(=O)N1CCN(S(=O)(=O)c2ccc3c(c2)OCCCO3)CC1. The number of piperazine rings is 1. The van der Waals surface area contributed by atoms with Crippen LogP contribution in [0.15, 0.2) is 23.1 Å². The van der Waals surface area contributed by atoms with Crippen LogP contribution in [-0.2, 0) is 24.3 Å². The summed E-state index contributed by atoms with van der Waals surface area (Å²) in [6, 6.07) is 3.89. The maximum Gasteiger partial charge on any atom is 0.246 e. The lowest BCUT2D eigenvalue weighted by atomic mass is 10.2. The molecular formula is C19H27N3O7S. The van der Waals surface area contributed by atoms with E-state index in [1.807, 2.05) is 0 Å². The summed E-state index contributed by atoms with van der Waals surface area (Å²) in [6.07, 6.45) is 0.733. The number of rotatable bonds is 6. The number of methoxy groups -OCH3 is 1. The number of carbonyl (C=O) groups excluding carboxylic acids is 2. The van der Waals surface area contributed by atoms with Crippen LogP contribution >= 0.6 is 0 Å². The van der Waals surface area contributed by atoms with Gasteiger partial charge in [-0.05, 0) is 19.1 Å². The molecule has 2 aliphatic rings. The summed E-state index contributed by atoms with van der Waals surface area (Å²) in [5, 5.41) is 2.57. The number of hydrogen-bond acceptors (Lipinski definition) is 7. The molecule has 2 aliphatic heterocycles. The molecule has 166 valence electrons. The van der Waals surface area contributed by atoms with Crippen molar-refractivity contribution in [1.82, 2.24) is 14.5 Å². The number of fused-ring (bicyclic) bond motifs is 1. The molecule has 0 saturated carbocycles. The number of nitrogens with zero attached hydrogens (tertiary/aromatic N) is 2. The van der Waals surface area contributed by atoms with Crippen LogP contribution in [-0.4, -0.2) is 88.6 Å². The molecule has 1 fully saturated rings. The second-order valence-corrected chi connectivity index (χ2v) is 9.05. The zero-order valence-electron chi connectivity index (χ0n) is 17.1. The van der Waals surface area contributed by atoms with Crippen LogP contribution in [0.4, 0.5) is 0 Å². The summed E-state index contributed by atoms with van der Waals surface area (Å²) in [4.78, 5) is 25.8. The highest BCUT2D eigenvalue weighted by Crippen LogP contribution is 2.33. The smallest absolute Gasteiger partial charge is 0.246 e. The van der Waals surface area contributed by atoms with Crippen LogP contribution in [0.2, 0.25) is 0 Å². The third-order valence-corrected chi connectivity index (χ3v) is 6.83. The summed E-state index contributed by atoms with van der Waals surface area (Å²) < 4.78 is 43.3. The van der Waals surface area contributed by atoms with Crippen molar-refractivity contribution in [2.75, 3.05) is 53.1 Å². The maximum atomic E-state index is 13.0. The Hall–Kier alpha value is -2.37. The van der Waals surface area contributed by atoms with Crippen LogP contribution in [0.5, 0.6) is 11.5 Å². The predicted molar refractivity (Wildman–Crippen MR) is 107 cm³/mol. The first-order valence-electron chi connectivity index (χ1n) is 9.80. The van der Waals surface area contributed by atoms with Crippen molar-refractivity contribution < 1.29 is 32.2 Å².